The van der Waals surface area contributed by atoms with Gasteiger partial charge in [0.05, 0.1) is 22.3 Å². The highest BCUT2D eigenvalue weighted by molar-refractivity contribution is 8.00. The molecule has 0 spiro atoms. The topological polar surface area (TPSA) is 46.9 Å². The smallest absolute Gasteiger partial charge is 0.237 e. The summed E-state index contributed by atoms with van der Waals surface area (Å²) in [5.41, 5.74) is 5.21. The molecule has 0 saturated carbocycles. The lowest BCUT2D eigenvalue weighted by Crippen LogP contribution is -2.23. The number of thioether (sulfide) groups is 1. The third kappa shape index (κ3) is 4.46. The molecule has 0 radical (unpaired) electrons. The molecule has 5 heteroatoms. The number of nitrogens with zero attached hydrogens (tertiary/aromatic N) is 2. The zero-order chi connectivity index (χ0) is 18.9. The fourth-order valence-corrected chi connectivity index (χ4v) is 3.61. The summed E-state index contributed by atoms with van der Waals surface area (Å²) in [4.78, 5) is 13.8. The van der Waals surface area contributed by atoms with E-state index < -0.39 is 0 Å². The zero-order valence-corrected chi connectivity index (χ0v) is 17.3. The second kappa shape index (κ2) is 7.24. The molecule has 0 aliphatic rings. The van der Waals surface area contributed by atoms with E-state index in [1.807, 2.05) is 27.8 Å². The van der Waals surface area contributed by atoms with Crippen LogP contribution in [-0.4, -0.2) is 20.9 Å². The largest absolute Gasteiger partial charge is 0.322 e. The minimum absolute atomic E-state index is 0.00441. The van der Waals surface area contributed by atoms with Crippen molar-refractivity contribution in [3.63, 3.8) is 0 Å². The molecule has 0 aliphatic heterocycles. The van der Waals surface area contributed by atoms with Crippen LogP contribution in [0.15, 0.2) is 23.1 Å². The van der Waals surface area contributed by atoms with Gasteiger partial charge < -0.3 is 5.32 Å². The molecule has 0 unspecified atom stereocenters. The maximum atomic E-state index is 12.7. The van der Waals surface area contributed by atoms with Crippen molar-refractivity contribution < 1.29 is 4.79 Å². The van der Waals surface area contributed by atoms with Crippen molar-refractivity contribution in [1.82, 2.24) is 9.78 Å². The monoisotopic (exact) mass is 359 g/mol. The average Bonchev–Trinajstić information content (AvgIpc) is 2.74. The third-order valence-electron chi connectivity index (χ3n) is 4.48. The van der Waals surface area contributed by atoms with E-state index in [0.29, 0.717) is 0 Å². The van der Waals surface area contributed by atoms with Crippen LogP contribution in [-0.2, 0) is 17.3 Å². The molecule has 1 aromatic carbocycles. The molecule has 0 aliphatic carbocycles. The summed E-state index contributed by atoms with van der Waals surface area (Å²) >= 11 is 1.61. The van der Waals surface area contributed by atoms with Gasteiger partial charge in [0.25, 0.3) is 0 Å². The number of aromatic nitrogens is 2. The molecule has 1 aromatic heterocycles. The number of aryl methyl sites for hydroxylation is 3. The first-order valence-electron chi connectivity index (χ1n) is 8.59. The van der Waals surface area contributed by atoms with E-state index >= 15 is 0 Å². The Labute approximate surface area is 155 Å². The van der Waals surface area contributed by atoms with E-state index in [4.69, 9.17) is 0 Å². The van der Waals surface area contributed by atoms with Crippen LogP contribution in [0.4, 0.5) is 5.69 Å². The van der Waals surface area contributed by atoms with E-state index in [-0.39, 0.29) is 16.6 Å². The van der Waals surface area contributed by atoms with Gasteiger partial charge >= 0.3 is 0 Å². The fraction of sp³-hybridized carbons (Fsp3) is 0.500. The van der Waals surface area contributed by atoms with Gasteiger partial charge in [-0.3, -0.25) is 9.48 Å². The van der Waals surface area contributed by atoms with Crippen molar-refractivity contribution >= 4 is 23.4 Å². The molecule has 1 heterocycles. The quantitative estimate of drug-likeness (QED) is 0.801. The molecule has 1 amide bonds. The van der Waals surface area contributed by atoms with E-state index in [0.717, 1.165) is 22.0 Å². The van der Waals surface area contributed by atoms with Crippen LogP contribution in [0.5, 0.6) is 0 Å². The zero-order valence-electron chi connectivity index (χ0n) is 16.5. The molecule has 0 fully saturated rings. The second-order valence-corrected chi connectivity index (χ2v) is 9.03. The number of carbonyl (C=O) groups is 1. The molecule has 2 aromatic rings. The van der Waals surface area contributed by atoms with Crippen molar-refractivity contribution in [1.29, 1.82) is 0 Å². The first kappa shape index (κ1) is 19.6. The number of rotatable bonds is 4. The molecular formula is C20H29N3OS. The number of benzene rings is 1. The van der Waals surface area contributed by atoms with Gasteiger partial charge in [-0.2, -0.15) is 5.10 Å². The minimum atomic E-state index is -0.187. The summed E-state index contributed by atoms with van der Waals surface area (Å²) in [7, 11) is 1.89. The Morgan fingerprint density at radius 1 is 1.24 bits per heavy atom. The Morgan fingerprint density at radius 2 is 1.88 bits per heavy atom. The van der Waals surface area contributed by atoms with E-state index in [2.05, 4.69) is 56.3 Å². The van der Waals surface area contributed by atoms with Crippen LogP contribution < -0.4 is 5.32 Å². The normalized spacial score (nSPS) is 13.0. The summed E-state index contributed by atoms with van der Waals surface area (Å²) in [5, 5.41) is 7.21. The molecule has 4 nitrogen and oxygen atoms in total. The van der Waals surface area contributed by atoms with Crippen LogP contribution in [0.3, 0.4) is 0 Å². The summed E-state index contributed by atoms with van der Waals surface area (Å²) in [6.07, 6.45) is 0. The summed E-state index contributed by atoms with van der Waals surface area (Å²) in [6, 6.07) is 6.53. The first-order chi connectivity index (χ1) is 11.5. The highest BCUT2D eigenvalue weighted by Gasteiger charge is 2.21. The van der Waals surface area contributed by atoms with Crippen LogP contribution in [0.1, 0.15) is 50.2 Å². The van der Waals surface area contributed by atoms with E-state index in [1.54, 1.807) is 16.4 Å². The summed E-state index contributed by atoms with van der Waals surface area (Å²) in [5.74, 6) is 0.00441. The average molecular weight is 360 g/mol. The lowest BCUT2D eigenvalue weighted by Gasteiger charge is -2.21. The number of amides is 1. The maximum absolute atomic E-state index is 12.7. The number of hydrogen-bond donors (Lipinski definition) is 1. The standard InChI is InChI=1S/C20H29N3OS/c1-12-9-10-16(20(5,6)7)11-17(12)25-15(4)19(24)21-18-13(2)22-23(8)14(18)3/h9-11,15H,1-8H3,(H,21,24)/t15-/m0/s1. The molecule has 25 heavy (non-hydrogen) atoms. The van der Waals surface area contributed by atoms with Gasteiger partial charge in [-0.1, -0.05) is 32.9 Å². The lowest BCUT2D eigenvalue weighted by molar-refractivity contribution is -0.115. The Kier molecular flexibility index (Phi) is 5.67. The second-order valence-electron chi connectivity index (χ2n) is 7.65. The molecular weight excluding hydrogens is 330 g/mol. The van der Waals surface area contributed by atoms with Gasteiger partial charge in [0.2, 0.25) is 5.91 Å². The number of hydrogen-bond acceptors (Lipinski definition) is 3. The summed E-state index contributed by atoms with van der Waals surface area (Å²) < 4.78 is 1.79. The van der Waals surface area contributed by atoms with Gasteiger partial charge in [-0.05, 0) is 50.3 Å². The predicted molar refractivity (Wildman–Crippen MR) is 107 cm³/mol. The van der Waals surface area contributed by atoms with Gasteiger partial charge in [0.15, 0.2) is 0 Å². The number of nitrogens with one attached hydrogen (secondary N) is 1. The van der Waals surface area contributed by atoms with Crippen LogP contribution in [0.25, 0.3) is 0 Å². The molecule has 0 saturated heterocycles. The van der Waals surface area contributed by atoms with Gasteiger partial charge in [-0.15, -0.1) is 11.8 Å². The lowest BCUT2D eigenvalue weighted by atomic mass is 9.87. The van der Waals surface area contributed by atoms with Crippen LogP contribution >= 0.6 is 11.8 Å². The number of carbonyl (C=O) groups excluding carboxylic acids is 1. The van der Waals surface area contributed by atoms with Crippen molar-refractivity contribution in [3.05, 3.63) is 40.7 Å². The first-order valence-corrected chi connectivity index (χ1v) is 9.47. The van der Waals surface area contributed by atoms with Gasteiger partial charge in [0.1, 0.15) is 0 Å². The Balaban J connectivity index is 2.16. The van der Waals surface area contributed by atoms with E-state index in [9.17, 15) is 4.79 Å². The van der Waals surface area contributed by atoms with Gasteiger partial charge in [-0.25, -0.2) is 0 Å². The third-order valence-corrected chi connectivity index (χ3v) is 5.75. The molecule has 0 bridgehead atoms. The van der Waals surface area contributed by atoms with Crippen LogP contribution in [0.2, 0.25) is 0 Å². The highest BCUT2D eigenvalue weighted by atomic mass is 32.2. The molecule has 2 rings (SSSR count). The molecule has 1 N–H and O–H groups in total. The van der Waals surface area contributed by atoms with Crippen molar-refractivity contribution in [2.75, 3.05) is 5.32 Å². The fourth-order valence-electron chi connectivity index (χ4n) is 2.62. The molecule has 1 atom stereocenters. The predicted octanol–water partition coefficient (Wildman–Crippen LogP) is 4.76. The number of anilines is 1. The molecule has 136 valence electrons. The Hall–Kier alpha value is -1.75. The highest BCUT2D eigenvalue weighted by Crippen LogP contribution is 2.32. The summed E-state index contributed by atoms with van der Waals surface area (Å²) in [6.45, 7) is 14.5. The van der Waals surface area contributed by atoms with Crippen molar-refractivity contribution in [3.8, 4) is 0 Å². The van der Waals surface area contributed by atoms with Gasteiger partial charge in [0, 0.05) is 11.9 Å². The Bertz CT molecular complexity index is 787. The van der Waals surface area contributed by atoms with Crippen LogP contribution in [0, 0.1) is 20.8 Å². The SMILES string of the molecule is Cc1ccc(C(C)(C)C)cc1S[C@@H](C)C(=O)Nc1c(C)nn(C)c1C. The Morgan fingerprint density at radius 3 is 2.40 bits per heavy atom. The maximum Gasteiger partial charge on any atom is 0.237 e. The van der Waals surface area contributed by atoms with Crippen molar-refractivity contribution in [2.45, 2.75) is 64.0 Å². The van der Waals surface area contributed by atoms with E-state index in [1.165, 1.54) is 11.1 Å². The minimum Gasteiger partial charge on any atom is -0.322 e. The van der Waals surface area contributed by atoms with Crippen molar-refractivity contribution in [2.24, 2.45) is 7.05 Å².